The Kier molecular flexibility index (Phi) is 8.26. The van der Waals surface area contributed by atoms with Gasteiger partial charge in [-0.2, -0.15) is 0 Å². The van der Waals surface area contributed by atoms with Crippen molar-refractivity contribution in [2.45, 2.75) is 66.7 Å². The Labute approximate surface area is 117 Å². The third kappa shape index (κ3) is 9.00. The Bertz CT molecular complexity index is 259. The van der Waals surface area contributed by atoms with Crippen LogP contribution in [0.1, 0.15) is 66.7 Å². The number of carboxylic acids is 1. The minimum absolute atomic E-state index is 0.370. The van der Waals surface area contributed by atoms with Gasteiger partial charge < -0.3 is 5.11 Å². The van der Waals surface area contributed by atoms with E-state index in [9.17, 15) is 4.79 Å². The average Bonchev–Trinajstić information content (AvgIpc) is 2.32. The molecule has 0 amide bonds. The first-order valence-corrected chi connectivity index (χ1v) is 7.19. The molecule has 4 heteroatoms. The van der Waals surface area contributed by atoms with Crippen molar-refractivity contribution in [3.05, 3.63) is 0 Å². The van der Waals surface area contributed by atoms with E-state index in [0.717, 1.165) is 19.3 Å². The zero-order chi connectivity index (χ0) is 14.9. The fourth-order valence-corrected chi connectivity index (χ4v) is 1.58. The fourth-order valence-electron chi connectivity index (χ4n) is 1.58. The molecule has 0 saturated carbocycles. The summed E-state index contributed by atoms with van der Waals surface area (Å²) in [6.07, 6.45) is 4.56. The minimum atomic E-state index is -0.768. The highest BCUT2D eigenvalue weighted by Crippen LogP contribution is 2.26. The third-order valence-corrected chi connectivity index (χ3v) is 3.73. The fraction of sp³-hybridized carbons (Fsp3) is 0.933. The van der Waals surface area contributed by atoms with Crippen LogP contribution in [0, 0.1) is 10.8 Å². The van der Waals surface area contributed by atoms with E-state index in [-0.39, 0.29) is 0 Å². The zero-order valence-electron chi connectivity index (χ0n) is 13.1. The van der Waals surface area contributed by atoms with Crippen LogP contribution in [0.25, 0.3) is 0 Å². The van der Waals surface area contributed by atoms with Gasteiger partial charge >= 0.3 is 5.97 Å². The van der Waals surface area contributed by atoms with Crippen LogP contribution in [0.2, 0.25) is 0 Å². The lowest BCUT2D eigenvalue weighted by molar-refractivity contribution is -0.296. The second-order valence-corrected chi connectivity index (χ2v) is 6.56. The molecule has 0 aromatic heterocycles. The van der Waals surface area contributed by atoms with Gasteiger partial charge in [0.15, 0.2) is 0 Å². The Morgan fingerprint density at radius 3 is 1.89 bits per heavy atom. The Morgan fingerprint density at radius 1 is 1.00 bits per heavy atom. The molecule has 0 aromatic carbocycles. The van der Waals surface area contributed by atoms with Crippen molar-refractivity contribution in [2.24, 2.45) is 10.8 Å². The van der Waals surface area contributed by atoms with Gasteiger partial charge in [0.2, 0.25) is 0 Å². The molecule has 0 radical (unpaired) electrons. The van der Waals surface area contributed by atoms with Gasteiger partial charge in [-0.15, -0.1) is 0 Å². The molecule has 0 aliphatic rings. The van der Waals surface area contributed by atoms with E-state index < -0.39 is 11.4 Å². The van der Waals surface area contributed by atoms with E-state index in [1.165, 1.54) is 0 Å². The summed E-state index contributed by atoms with van der Waals surface area (Å²) >= 11 is 0. The van der Waals surface area contributed by atoms with Crippen molar-refractivity contribution in [2.75, 3.05) is 13.2 Å². The van der Waals surface area contributed by atoms with E-state index in [2.05, 4.69) is 20.8 Å². The van der Waals surface area contributed by atoms with Crippen LogP contribution in [0.3, 0.4) is 0 Å². The summed E-state index contributed by atoms with van der Waals surface area (Å²) < 4.78 is 0. The molecule has 19 heavy (non-hydrogen) atoms. The summed E-state index contributed by atoms with van der Waals surface area (Å²) in [5, 5.41) is 8.94. The van der Waals surface area contributed by atoms with Gasteiger partial charge in [-0.1, -0.05) is 27.2 Å². The second kappa shape index (κ2) is 8.54. The van der Waals surface area contributed by atoms with Crippen molar-refractivity contribution >= 4 is 5.97 Å². The number of aliphatic carboxylic acids is 1. The maximum atomic E-state index is 10.9. The minimum Gasteiger partial charge on any atom is -0.481 e. The van der Waals surface area contributed by atoms with Gasteiger partial charge in [-0.3, -0.25) is 4.79 Å². The number of carbonyl (C=O) groups is 1. The summed E-state index contributed by atoms with van der Waals surface area (Å²) in [4.78, 5) is 21.0. The van der Waals surface area contributed by atoms with Crippen LogP contribution in [-0.2, 0) is 14.6 Å². The molecule has 0 aliphatic carbocycles. The molecule has 0 aliphatic heterocycles. The SMILES string of the molecule is CCC(C)(C)CCCOOCCCC(C)(C)C(=O)O. The Balaban J connectivity index is 3.45. The lowest BCUT2D eigenvalue weighted by Crippen LogP contribution is -2.23. The first kappa shape index (κ1) is 18.4. The highest BCUT2D eigenvalue weighted by Gasteiger charge is 2.26. The summed E-state index contributed by atoms with van der Waals surface area (Å²) in [5.74, 6) is -0.768. The van der Waals surface area contributed by atoms with Crippen LogP contribution < -0.4 is 0 Å². The predicted molar refractivity (Wildman–Crippen MR) is 75.9 cm³/mol. The highest BCUT2D eigenvalue weighted by molar-refractivity contribution is 5.73. The van der Waals surface area contributed by atoms with E-state index >= 15 is 0 Å². The maximum Gasteiger partial charge on any atom is 0.309 e. The zero-order valence-corrected chi connectivity index (χ0v) is 13.1. The molecule has 0 atom stereocenters. The van der Waals surface area contributed by atoms with Crippen LogP contribution >= 0.6 is 0 Å². The molecule has 0 aromatic rings. The molecule has 0 rings (SSSR count). The van der Waals surface area contributed by atoms with Crippen LogP contribution in [0.4, 0.5) is 0 Å². The maximum absolute atomic E-state index is 10.9. The van der Waals surface area contributed by atoms with Crippen molar-refractivity contribution in [1.29, 1.82) is 0 Å². The predicted octanol–water partition coefficient (Wildman–Crippen LogP) is 4.04. The number of rotatable bonds is 11. The molecule has 4 nitrogen and oxygen atoms in total. The molecule has 0 bridgehead atoms. The summed E-state index contributed by atoms with van der Waals surface area (Å²) in [5.41, 5.74) is -0.316. The van der Waals surface area contributed by atoms with Gasteiger partial charge in [-0.25, -0.2) is 9.78 Å². The van der Waals surface area contributed by atoms with Crippen LogP contribution in [0.5, 0.6) is 0 Å². The Hall–Kier alpha value is -0.610. The second-order valence-electron chi connectivity index (χ2n) is 6.56. The largest absolute Gasteiger partial charge is 0.481 e. The number of hydrogen-bond acceptors (Lipinski definition) is 3. The highest BCUT2D eigenvalue weighted by atomic mass is 17.2. The van der Waals surface area contributed by atoms with Gasteiger partial charge in [0.25, 0.3) is 0 Å². The van der Waals surface area contributed by atoms with Crippen molar-refractivity contribution in [3.63, 3.8) is 0 Å². The van der Waals surface area contributed by atoms with E-state index in [4.69, 9.17) is 14.9 Å². The van der Waals surface area contributed by atoms with Crippen molar-refractivity contribution < 1.29 is 19.7 Å². The molecular weight excluding hydrogens is 244 g/mol. The normalized spacial score (nSPS) is 12.7. The molecule has 114 valence electrons. The van der Waals surface area contributed by atoms with Crippen LogP contribution in [0.15, 0.2) is 0 Å². The lowest BCUT2D eigenvalue weighted by Gasteiger charge is -2.22. The summed E-state index contributed by atoms with van der Waals surface area (Å²) in [6.45, 7) is 11.2. The molecule has 0 fully saturated rings. The standard InChI is InChI=1S/C15H30O4/c1-6-14(2,3)9-7-11-18-19-12-8-10-15(4,5)13(16)17/h6-12H2,1-5H3,(H,16,17). The van der Waals surface area contributed by atoms with Gasteiger partial charge in [-0.05, 0) is 44.9 Å². The Morgan fingerprint density at radius 2 is 1.47 bits per heavy atom. The molecule has 1 N–H and O–H groups in total. The molecule has 0 spiro atoms. The first-order chi connectivity index (χ1) is 8.71. The lowest BCUT2D eigenvalue weighted by atomic mass is 9.85. The average molecular weight is 274 g/mol. The van der Waals surface area contributed by atoms with Crippen molar-refractivity contribution in [1.82, 2.24) is 0 Å². The molecule has 0 heterocycles. The van der Waals surface area contributed by atoms with Crippen LogP contribution in [-0.4, -0.2) is 24.3 Å². The summed E-state index contributed by atoms with van der Waals surface area (Å²) in [6, 6.07) is 0. The van der Waals surface area contributed by atoms with E-state index in [1.807, 2.05) is 0 Å². The van der Waals surface area contributed by atoms with E-state index in [1.54, 1.807) is 13.8 Å². The van der Waals surface area contributed by atoms with Gasteiger partial charge in [0, 0.05) is 0 Å². The molecule has 0 unspecified atom stereocenters. The third-order valence-electron chi connectivity index (χ3n) is 3.73. The topological polar surface area (TPSA) is 55.8 Å². The molecule has 0 saturated heterocycles. The smallest absolute Gasteiger partial charge is 0.309 e. The van der Waals surface area contributed by atoms with E-state index in [0.29, 0.717) is 31.5 Å². The number of carboxylic acid groups (broad SMARTS) is 1. The first-order valence-electron chi connectivity index (χ1n) is 7.19. The van der Waals surface area contributed by atoms with Crippen molar-refractivity contribution in [3.8, 4) is 0 Å². The van der Waals surface area contributed by atoms with Gasteiger partial charge in [0.1, 0.15) is 0 Å². The monoisotopic (exact) mass is 274 g/mol. The van der Waals surface area contributed by atoms with Gasteiger partial charge in [0.05, 0.1) is 18.6 Å². The summed E-state index contributed by atoms with van der Waals surface area (Å²) in [7, 11) is 0. The molecular formula is C15H30O4. The number of hydrogen-bond donors (Lipinski definition) is 1. The quantitative estimate of drug-likeness (QED) is 0.351.